The third-order valence-electron chi connectivity index (χ3n) is 5.56. The minimum absolute atomic E-state index is 0.0604. The lowest BCUT2D eigenvalue weighted by Crippen LogP contribution is -2.57. The minimum Gasteiger partial charge on any atom is -0.469 e. The lowest BCUT2D eigenvalue weighted by Gasteiger charge is -2.57. The van der Waals surface area contributed by atoms with Gasteiger partial charge in [-0.05, 0) is 37.5 Å². The highest BCUT2D eigenvalue weighted by Crippen LogP contribution is 2.61. The maximum Gasteiger partial charge on any atom is 0.310 e. The van der Waals surface area contributed by atoms with E-state index in [2.05, 4.69) is 26.0 Å². The van der Waals surface area contributed by atoms with Crippen molar-refractivity contribution >= 4 is 11.9 Å². The summed E-state index contributed by atoms with van der Waals surface area (Å²) in [5.74, 6) is -0.523. The van der Waals surface area contributed by atoms with E-state index in [9.17, 15) is 9.59 Å². The molecule has 4 nitrogen and oxygen atoms in total. The summed E-state index contributed by atoms with van der Waals surface area (Å²) in [6.45, 7) is 4.26. The first-order chi connectivity index (χ1) is 9.52. The Morgan fingerprint density at radius 2 is 1.20 bits per heavy atom. The van der Waals surface area contributed by atoms with Crippen LogP contribution in [-0.2, 0) is 19.1 Å². The van der Waals surface area contributed by atoms with E-state index >= 15 is 0 Å². The molecule has 0 aliphatic heterocycles. The van der Waals surface area contributed by atoms with Crippen molar-refractivity contribution in [3.63, 3.8) is 0 Å². The number of carbonyl (C=O) groups excluding carboxylic acids is 2. The first kappa shape index (κ1) is 13.4. The molecule has 20 heavy (non-hydrogen) atoms. The molecule has 1 fully saturated rings. The van der Waals surface area contributed by atoms with E-state index in [1.54, 1.807) is 0 Å². The van der Waals surface area contributed by atoms with Crippen LogP contribution in [0.5, 0.6) is 0 Å². The lowest BCUT2D eigenvalue weighted by molar-refractivity contribution is -0.168. The third kappa shape index (κ3) is 1.48. The van der Waals surface area contributed by atoms with Gasteiger partial charge in [0.2, 0.25) is 0 Å². The van der Waals surface area contributed by atoms with Crippen molar-refractivity contribution in [1.82, 2.24) is 0 Å². The van der Waals surface area contributed by atoms with Gasteiger partial charge in [-0.2, -0.15) is 0 Å². The molecule has 0 unspecified atom stereocenters. The SMILES string of the molecule is COC(=O)[C@@H]1[C@H]2C=C[C@@H]([C@@H]1C(=O)OC)[C@@H]1C(C)=C(C)[C@H]21. The number of carbonyl (C=O) groups is 2. The summed E-state index contributed by atoms with van der Waals surface area (Å²) in [5.41, 5.74) is 2.73. The zero-order chi connectivity index (χ0) is 14.6. The van der Waals surface area contributed by atoms with E-state index in [0.29, 0.717) is 11.8 Å². The van der Waals surface area contributed by atoms with Crippen molar-refractivity contribution in [3.8, 4) is 0 Å². The van der Waals surface area contributed by atoms with Gasteiger partial charge in [-0.1, -0.05) is 23.3 Å². The summed E-state index contributed by atoms with van der Waals surface area (Å²) in [7, 11) is 2.77. The van der Waals surface area contributed by atoms with Gasteiger partial charge in [0.1, 0.15) is 0 Å². The Bertz CT molecular complexity index is 485. The number of rotatable bonds is 2. The molecule has 2 bridgehead atoms. The topological polar surface area (TPSA) is 52.6 Å². The maximum atomic E-state index is 12.2. The van der Waals surface area contributed by atoms with Crippen LogP contribution < -0.4 is 0 Å². The van der Waals surface area contributed by atoms with Crippen molar-refractivity contribution in [2.75, 3.05) is 14.2 Å². The van der Waals surface area contributed by atoms with E-state index in [1.165, 1.54) is 25.4 Å². The first-order valence-electron chi connectivity index (χ1n) is 7.04. The maximum absolute atomic E-state index is 12.2. The molecule has 1 saturated carbocycles. The van der Waals surface area contributed by atoms with Gasteiger partial charge in [-0.25, -0.2) is 0 Å². The average Bonchev–Trinajstić information content (AvgIpc) is 2.50. The van der Waals surface area contributed by atoms with Gasteiger partial charge in [0, 0.05) is 0 Å². The molecule has 0 saturated heterocycles. The molecular weight excluding hydrogens is 256 g/mol. The Balaban J connectivity index is 2.04. The second-order valence-electron chi connectivity index (χ2n) is 6.06. The van der Waals surface area contributed by atoms with Crippen molar-refractivity contribution in [2.24, 2.45) is 35.5 Å². The predicted octanol–water partition coefficient (Wildman–Crippen LogP) is 1.96. The predicted molar refractivity (Wildman–Crippen MR) is 72.5 cm³/mol. The van der Waals surface area contributed by atoms with Crippen LogP contribution in [0.25, 0.3) is 0 Å². The van der Waals surface area contributed by atoms with E-state index in [-0.39, 0.29) is 23.8 Å². The van der Waals surface area contributed by atoms with Gasteiger partial charge in [0.15, 0.2) is 0 Å². The number of hydrogen-bond acceptors (Lipinski definition) is 4. The number of esters is 2. The first-order valence-corrected chi connectivity index (χ1v) is 7.04. The van der Waals surface area contributed by atoms with E-state index < -0.39 is 11.8 Å². The molecule has 4 rings (SSSR count). The highest BCUT2D eigenvalue weighted by molar-refractivity contribution is 5.84. The van der Waals surface area contributed by atoms with Crippen molar-refractivity contribution < 1.29 is 19.1 Å². The van der Waals surface area contributed by atoms with Gasteiger partial charge in [0.25, 0.3) is 0 Å². The molecule has 4 aliphatic carbocycles. The summed E-state index contributed by atoms with van der Waals surface area (Å²) in [5, 5.41) is 0. The Morgan fingerprint density at radius 3 is 1.50 bits per heavy atom. The van der Waals surface area contributed by atoms with Gasteiger partial charge in [-0.15, -0.1) is 0 Å². The lowest BCUT2D eigenvalue weighted by atomic mass is 9.45. The van der Waals surface area contributed by atoms with Crippen molar-refractivity contribution in [1.29, 1.82) is 0 Å². The van der Waals surface area contributed by atoms with Crippen LogP contribution in [0, 0.1) is 35.5 Å². The van der Waals surface area contributed by atoms with Crippen LogP contribution in [0.2, 0.25) is 0 Å². The van der Waals surface area contributed by atoms with Crippen LogP contribution in [-0.4, -0.2) is 26.2 Å². The van der Waals surface area contributed by atoms with Gasteiger partial charge in [0.05, 0.1) is 26.1 Å². The van der Waals surface area contributed by atoms with Crippen molar-refractivity contribution in [2.45, 2.75) is 13.8 Å². The molecular formula is C16H20O4. The van der Waals surface area contributed by atoms with E-state index in [1.807, 2.05) is 0 Å². The molecule has 4 aliphatic rings. The van der Waals surface area contributed by atoms with Crippen LogP contribution >= 0.6 is 0 Å². The van der Waals surface area contributed by atoms with Gasteiger partial charge < -0.3 is 9.47 Å². The molecule has 0 radical (unpaired) electrons. The van der Waals surface area contributed by atoms with Crippen LogP contribution in [0.1, 0.15) is 13.8 Å². The van der Waals surface area contributed by atoms with E-state index in [4.69, 9.17) is 9.47 Å². The van der Waals surface area contributed by atoms with E-state index in [0.717, 1.165) is 0 Å². The Labute approximate surface area is 118 Å². The third-order valence-corrected chi connectivity index (χ3v) is 5.56. The smallest absolute Gasteiger partial charge is 0.310 e. The molecule has 0 aromatic heterocycles. The molecule has 0 N–H and O–H groups in total. The second kappa shape index (κ2) is 4.47. The number of allylic oxidation sites excluding steroid dienone is 4. The largest absolute Gasteiger partial charge is 0.469 e. The minimum atomic E-state index is -0.410. The summed E-state index contributed by atoms with van der Waals surface area (Å²) >= 11 is 0. The zero-order valence-corrected chi connectivity index (χ0v) is 12.3. The van der Waals surface area contributed by atoms with Crippen molar-refractivity contribution in [3.05, 3.63) is 23.3 Å². The molecule has 0 spiro atoms. The van der Waals surface area contributed by atoms with Gasteiger partial charge >= 0.3 is 11.9 Å². The van der Waals surface area contributed by atoms with Crippen LogP contribution in [0.4, 0.5) is 0 Å². The standard InChI is InChI=1S/C16H20O4/c1-7-8(2)12-10-6-5-9(11(7)12)13(15(17)19-3)14(10)16(18)20-4/h5-6,9-14H,1-4H3/t9-,10+,11+,12-,13+,14-. The molecule has 0 amide bonds. The number of hydrogen-bond donors (Lipinski definition) is 0. The number of methoxy groups -OCH3 is 2. The fourth-order valence-electron chi connectivity index (χ4n) is 4.57. The fraction of sp³-hybridized carbons (Fsp3) is 0.625. The molecule has 6 atom stereocenters. The quantitative estimate of drug-likeness (QED) is 0.571. The van der Waals surface area contributed by atoms with Crippen LogP contribution in [0.15, 0.2) is 23.3 Å². The highest BCUT2D eigenvalue weighted by atomic mass is 16.5. The molecule has 0 aromatic rings. The number of ether oxygens (including phenoxy) is 2. The molecule has 108 valence electrons. The molecule has 0 aromatic carbocycles. The summed E-state index contributed by atoms with van der Waals surface area (Å²) in [6, 6.07) is 0. The highest BCUT2D eigenvalue weighted by Gasteiger charge is 2.61. The zero-order valence-electron chi connectivity index (χ0n) is 12.3. The second-order valence-corrected chi connectivity index (χ2v) is 6.06. The summed E-state index contributed by atoms with van der Waals surface area (Å²) < 4.78 is 9.88. The van der Waals surface area contributed by atoms with Gasteiger partial charge in [-0.3, -0.25) is 9.59 Å². The Hall–Kier alpha value is -1.58. The summed E-state index contributed by atoms with van der Waals surface area (Å²) in [4.78, 5) is 24.3. The monoisotopic (exact) mass is 276 g/mol. The fourth-order valence-corrected chi connectivity index (χ4v) is 4.57. The summed E-state index contributed by atoms with van der Waals surface area (Å²) in [6.07, 6.45) is 4.20. The molecule has 4 heteroatoms. The Kier molecular flexibility index (Phi) is 3.00. The normalized spacial score (nSPS) is 41.0. The van der Waals surface area contributed by atoms with Crippen LogP contribution in [0.3, 0.4) is 0 Å². The molecule has 0 heterocycles. The number of fused-ring (bicyclic) bond motifs is 1. The Morgan fingerprint density at radius 1 is 0.850 bits per heavy atom. The average molecular weight is 276 g/mol.